The van der Waals surface area contributed by atoms with E-state index in [1.807, 2.05) is 6.07 Å². The summed E-state index contributed by atoms with van der Waals surface area (Å²) in [6, 6.07) is 8.91. The van der Waals surface area contributed by atoms with Crippen molar-refractivity contribution in [1.29, 1.82) is 0 Å². The van der Waals surface area contributed by atoms with E-state index in [4.69, 9.17) is 9.57 Å². The van der Waals surface area contributed by atoms with E-state index < -0.39 is 17.4 Å². The maximum Gasteiger partial charge on any atom is 0.311 e. The minimum atomic E-state index is -0.795. The molecule has 3 rings (SSSR count). The second-order valence-corrected chi connectivity index (χ2v) is 7.66. The molecule has 2 aliphatic heterocycles. The molecule has 8 heteroatoms. The molecule has 0 radical (unpaired) electrons. The molecule has 30 heavy (non-hydrogen) atoms. The van der Waals surface area contributed by atoms with Crippen LogP contribution in [0, 0.1) is 5.92 Å². The number of esters is 1. The monoisotopic (exact) mass is 416 g/mol. The summed E-state index contributed by atoms with van der Waals surface area (Å²) in [5.74, 6) is -1.44. The molecule has 2 heterocycles. The molecule has 0 N–H and O–H groups in total. The summed E-state index contributed by atoms with van der Waals surface area (Å²) in [5.41, 5.74) is -0.197. The fraction of sp³-hybridized carbons (Fsp3) is 0.545. The third-order valence-electron chi connectivity index (χ3n) is 6.05. The average Bonchev–Trinajstić information content (AvgIpc) is 3.04. The SMILES string of the molecule is CCON1C(=O)C[C@@H](C(=O)OC)C12CCN(C(=O)CCC(=O)c1ccccc1)CC2. The van der Waals surface area contributed by atoms with Crippen LogP contribution in [0.25, 0.3) is 0 Å². The summed E-state index contributed by atoms with van der Waals surface area (Å²) in [7, 11) is 1.31. The summed E-state index contributed by atoms with van der Waals surface area (Å²) in [5, 5.41) is 1.34. The van der Waals surface area contributed by atoms with Gasteiger partial charge in [0.2, 0.25) is 11.8 Å². The zero-order chi connectivity index (χ0) is 21.7. The Bertz CT molecular complexity index is 801. The van der Waals surface area contributed by atoms with Crippen molar-refractivity contribution >= 4 is 23.6 Å². The van der Waals surface area contributed by atoms with Gasteiger partial charge in [-0.2, -0.15) is 0 Å². The van der Waals surface area contributed by atoms with Gasteiger partial charge in [-0.3, -0.25) is 24.0 Å². The molecule has 0 aromatic heterocycles. The van der Waals surface area contributed by atoms with Gasteiger partial charge < -0.3 is 9.64 Å². The molecular weight excluding hydrogens is 388 g/mol. The topological polar surface area (TPSA) is 93.2 Å². The molecule has 0 unspecified atom stereocenters. The summed E-state index contributed by atoms with van der Waals surface area (Å²) in [6.07, 6.45) is 1.19. The standard InChI is InChI=1S/C22H28N2O6/c1-3-30-24-20(27)15-17(21(28)29-2)22(24)11-13-23(14-12-22)19(26)10-9-18(25)16-7-5-4-6-8-16/h4-8,17H,3,9-15H2,1-2H3/t17-/m0/s1. The van der Waals surface area contributed by atoms with Crippen LogP contribution in [0.15, 0.2) is 30.3 Å². The zero-order valence-electron chi connectivity index (χ0n) is 17.5. The van der Waals surface area contributed by atoms with Crippen molar-refractivity contribution in [3.63, 3.8) is 0 Å². The van der Waals surface area contributed by atoms with Crippen molar-refractivity contribution in [2.75, 3.05) is 26.8 Å². The van der Waals surface area contributed by atoms with E-state index >= 15 is 0 Å². The Balaban J connectivity index is 1.62. The fourth-order valence-electron chi connectivity index (χ4n) is 4.45. The Kier molecular flexibility index (Phi) is 6.87. The normalized spacial score (nSPS) is 20.5. The number of hydroxylamine groups is 2. The quantitative estimate of drug-likeness (QED) is 0.498. The molecule has 0 aliphatic carbocycles. The van der Waals surface area contributed by atoms with E-state index in [-0.39, 0.29) is 36.9 Å². The molecule has 0 bridgehead atoms. The van der Waals surface area contributed by atoms with E-state index in [0.717, 1.165) is 0 Å². The summed E-state index contributed by atoms with van der Waals surface area (Å²) in [6.45, 7) is 2.88. The van der Waals surface area contributed by atoms with Gasteiger partial charge in [0.1, 0.15) is 0 Å². The van der Waals surface area contributed by atoms with E-state index in [1.165, 1.54) is 12.2 Å². The minimum Gasteiger partial charge on any atom is -0.469 e. The molecular formula is C22H28N2O6. The van der Waals surface area contributed by atoms with Crippen molar-refractivity contribution in [2.45, 2.75) is 44.6 Å². The van der Waals surface area contributed by atoms with Crippen LogP contribution in [0.3, 0.4) is 0 Å². The van der Waals surface area contributed by atoms with Crippen LogP contribution >= 0.6 is 0 Å². The van der Waals surface area contributed by atoms with Gasteiger partial charge in [-0.25, -0.2) is 5.06 Å². The lowest BCUT2D eigenvalue weighted by Gasteiger charge is -2.45. The van der Waals surface area contributed by atoms with E-state index in [0.29, 0.717) is 38.1 Å². The number of amides is 2. The molecule has 162 valence electrons. The Hall–Kier alpha value is -2.74. The molecule has 2 saturated heterocycles. The first-order valence-corrected chi connectivity index (χ1v) is 10.3. The number of piperidine rings is 1. The number of hydrogen-bond acceptors (Lipinski definition) is 6. The third-order valence-corrected chi connectivity index (χ3v) is 6.05. The second kappa shape index (κ2) is 9.38. The van der Waals surface area contributed by atoms with Crippen molar-refractivity contribution in [1.82, 2.24) is 9.96 Å². The smallest absolute Gasteiger partial charge is 0.311 e. The highest BCUT2D eigenvalue weighted by atomic mass is 16.7. The number of benzene rings is 1. The van der Waals surface area contributed by atoms with Gasteiger partial charge >= 0.3 is 5.97 Å². The first-order chi connectivity index (χ1) is 14.4. The number of ketones is 1. The van der Waals surface area contributed by atoms with Crippen LogP contribution in [0.4, 0.5) is 0 Å². The first kappa shape index (κ1) is 22.0. The van der Waals surface area contributed by atoms with Gasteiger partial charge in [0.25, 0.3) is 0 Å². The highest BCUT2D eigenvalue weighted by Crippen LogP contribution is 2.44. The average molecular weight is 416 g/mol. The number of methoxy groups -OCH3 is 1. The van der Waals surface area contributed by atoms with Gasteiger partial charge in [-0.1, -0.05) is 30.3 Å². The molecule has 8 nitrogen and oxygen atoms in total. The maximum atomic E-state index is 12.7. The summed E-state index contributed by atoms with van der Waals surface area (Å²) in [4.78, 5) is 57.0. The predicted molar refractivity (Wildman–Crippen MR) is 107 cm³/mol. The number of Topliss-reactive ketones (excluding diaryl/α,β-unsaturated/α-hetero) is 1. The molecule has 1 atom stereocenters. The number of ether oxygens (including phenoxy) is 1. The lowest BCUT2D eigenvalue weighted by Crippen LogP contribution is -2.58. The lowest BCUT2D eigenvalue weighted by atomic mass is 9.77. The zero-order valence-corrected chi connectivity index (χ0v) is 17.5. The number of nitrogens with zero attached hydrogens (tertiary/aromatic N) is 2. The molecule has 2 fully saturated rings. The first-order valence-electron chi connectivity index (χ1n) is 10.3. The van der Waals surface area contributed by atoms with E-state index in [2.05, 4.69) is 0 Å². The van der Waals surface area contributed by atoms with Crippen molar-refractivity contribution in [2.24, 2.45) is 5.92 Å². The van der Waals surface area contributed by atoms with Gasteiger partial charge in [0.15, 0.2) is 5.78 Å². The van der Waals surface area contributed by atoms with Gasteiger partial charge in [-0.05, 0) is 19.8 Å². The molecule has 1 aromatic rings. The Morgan fingerprint density at radius 2 is 1.77 bits per heavy atom. The van der Waals surface area contributed by atoms with Crippen LogP contribution in [-0.4, -0.2) is 65.9 Å². The number of likely N-dealkylation sites (tertiary alicyclic amines) is 1. The molecule has 2 amide bonds. The summed E-state index contributed by atoms with van der Waals surface area (Å²) < 4.78 is 4.93. The number of hydrogen-bond donors (Lipinski definition) is 0. The minimum absolute atomic E-state index is 0.0478. The highest BCUT2D eigenvalue weighted by Gasteiger charge is 2.58. The number of carbonyl (C=O) groups is 4. The van der Waals surface area contributed by atoms with Crippen molar-refractivity contribution < 1.29 is 28.8 Å². The van der Waals surface area contributed by atoms with Crippen LogP contribution in [-0.2, 0) is 24.0 Å². The van der Waals surface area contributed by atoms with E-state index in [9.17, 15) is 19.2 Å². The molecule has 2 aliphatic rings. The third kappa shape index (κ3) is 4.23. The molecule has 1 spiro atoms. The number of carbonyl (C=O) groups excluding carboxylic acids is 4. The molecule has 1 aromatic carbocycles. The van der Waals surface area contributed by atoms with E-state index in [1.54, 1.807) is 36.1 Å². The Morgan fingerprint density at radius 3 is 2.37 bits per heavy atom. The van der Waals surface area contributed by atoms with Crippen LogP contribution in [0.1, 0.15) is 49.4 Å². The second-order valence-electron chi connectivity index (χ2n) is 7.66. The Labute approximate surface area is 176 Å². The molecule has 0 saturated carbocycles. The largest absolute Gasteiger partial charge is 0.469 e. The van der Waals surface area contributed by atoms with Crippen LogP contribution < -0.4 is 0 Å². The van der Waals surface area contributed by atoms with Crippen LogP contribution in [0.2, 0.25) is 0 Å². The van der Waals surface area contributed by atoms with Crippen LogP contribution in [0.5, 0.6) is 0 Å². The highest BCUT2D eigenvalue weighted by molar-refractivity contribution is 5.98. The maximum absolute atomic E-state index is 12.7. The predicted octanol–water partition coefficient (Wildman–Crippen LogP) is 1.98. The fourth-order valence-corrected chi connectivity index (χ4v) is 4.45. The van der Waals surface area contributed by atoms with Crippen molar-refractivity contribution in [3.8, 4) is 0 Å². The van der Waals surface area contributed by atoms with Gasteiger partial charge in [0.05, 0.1) is 25.2 Å². The lowest BCUT2D eigenvalue weighted by molar-refractivity contribution is -0.221. The summed E-state index contributed by atoms with van der Waals surface area (Å²) >= 11 is 0. The van der Waals surface area contributed by atoms with Gasteiger partial charge in [-0.15, -0.1) is 0 Å². The van der Waals surface area contributed by atoms with Crippen molar-refractivity contribution in [3.05, 3.63) is 35.9 Å². The van der Waals surface area contributed by atoms with Gasteiger partial charge in [0, 0.05) is 37.9 Å². The Morgan fingerprint density at radius 1 is 1.10 bits per heavy atom. The number of rotatable bonds is 7.